The fourth-order valence-corrected chi connectivity index (χ4v) is 4.79. The van der Waals surface area contributed by atoms with Crippen molar-refractivity contribution in [2.45, 2.75) is 32.2 Å². The van der Waals surface area contributed by atoms with Crippen molar-refractivity contribution in [3.05, 3.63) is 29.8 Å². The van der Waals surface area contributed by atoms with Gasteiger partial charge in [0.2, 0.25) is 11.8 Å². The highest BCUT2D eigenvalue weighted by molar-refractivity contribution is 5.80. The number of ether oxygens (including phenoxy) is 2. The summed E-state index contributed by atoms with van der Waals surface area (Å²) in [6.45, 7) is 2.59. The summed E-state index contributed by atoms with van der Waals surface area (Å²) in [5.41, 5.74) is 1.17. The maximum Gasteiger partial charge on any atom is 0.329 e. The van der Waals surface area contributed by atoms with Gasteiger partial charge in [-0.05, 0) is 48.3 Å². The van der Waals surface area contributed by atoms with Crippen LogP contribution in [0, 0.1) is 17.8 Å². The van der Waals surface area contributed by atoms with E-state index >= 15 is 0 Å². The topological polar surface area (TPSA) is 105 Å². The van der Waals surface area contributed by atoms with Crippen molar-refractivity contribution in [2.75, 3.05) is 33.4 Å². The number of hydrogen-bond donors (Lipinski definition) is 2. The molecule has 2 amide bonds. The van der Waals surface area contributed by atoms with Crippen molar-refractivity contribution >= 4 is 17.8 Å². The first-order chi connectivity index (χ1) is 14.4. The molecule has 0 aromatic heterocycles. The molecule has 2 fully saturated rings. The van der Waals surface area contributed by atoms with Gasteiger partial charge in [-0.3, -0.25) is 9.59 Å². The lowest BCUT2D eigenvalue weighted by atomic mass is 9.88. The number of rotatable bonds is 10. The van der Waals surface area contributed by atoms with E-state index in [0.717, 1.165) is 18.6 Å². The van der Waals surface area contributed by atoms with E-state index in [-0.39, 0.29) is 36.3 Å². The van der Waals surface area contributed by atoms with E-state index in [4.69, 9.17) is 14.6 Å². The van der Waals surface area contributed by atoms with Gasteiger partial charge in [0, 0.05) is 25.6 Å². The second-order valence-corrected chi connectivity index (χ2v) is 8.19. The molecule has 1 saturated carbocycles. The molecule has 1 aromatic carbocycles. The third kappa shape index (κ3) is 5.30. The predicted octanol–water partition coefficient (Wildman–Crippen LogP) is 1.33. The third-order valence-electron chi connectivity index (χ3n) is 6.31. The molecule has 1 aromatic rings. The van der Waals surface area contributed by atoms with E-state index in [9.17, 15) is 14.4 Å². The molecule has 3 rings (SSSR count). The minimum absolute atomic E-state index is 0.187. The number of likely N-dealkylation sites (tertiary alicyclic amines) is 1. The van der Waals surface area contributed by atoms with Crippen LogP contribution in [0.25, 0.3) is 0 Å². The van der Waals surface area contributed by atoms with Crippen LogP contribution in [0.1, 0.15) is 25.3 Å². The minimum Gasteiger partial charge on any atom is -0.497 e. The Hall–Kier alpha value is -2.61. The molecule has 0 spiro atoms. The van der Waals surface area contributed by atoms with Gasteiger partial charge in [0.05, 0.1) is 7.11 Å². The Morgan fingerprint density at radius 1 is 1.23 bits per heavy atom. The Balaban J connectivity index is 1.50. The number of fused-ring (bicyclic) bond motifs is 1. The van der Waals surface area contributed by atoms with Crippen molar-refractivity contribution in [1.82, 2.24) is 10.2 Å². The molecule has 1 aliphatic carbocycles. The monoisotopic (exact) mass is 418 g/mol. The summed E-state index contributed by atoms with van der Waals surface area (Å²) in [7, 11) is 1.64. The number of benzene rings is 1. The molecule has 0 bridgehead atoms. The Morgan fingerprint density at radius 3 is 2.63 bits per heavy atom. The molecule has 0 radical (unpaired) electrons. The smallest absolute Gasteiger partial charge is 0.329 e. The molecular weight excluding hydrogens is 388 g/mol. The third-order valence-corrected chi connectivity index (χ3v) is 6.31. The highest BCUT2D eigenvalue weighted by Gasteiger charge is 2.50. The van der Waals surface area contributed by atoms with Crippen LogP contribution >= 0.6 is 0 Å². The summed E-state index contributed by atoms with van der Waals surface area (Å²) in [5, 5.41) is 11.4. The van der Waals surface area contributed by atoms with Gasteiger partial charge in [-0.1, -0.05) is 19.1 Å². The summed E-state index contributed by atoms with van der Waals surface area (Å²) in [5.74, 6) is 0.445. The maximum absolute atomic E-state index is 12.6. The average Bonchev–Trinajstić information content (AvgIpc) is 3.17. The first-order valence-corrected chi connectivity index (χ1v) is 10.4. The zero-order valence-corrected chi connectivity index (χ0v) is 17.5. The summed E-state index contributed by atoms with van der Waals surface area (Å²) in [4.78, 5) is 37.0. The number of methoxy groups -OCH3 is 1. The molecule has 4 atom stereocenters. The van der Waals surface area contributed by atoms with Crippen LogP contribution in [0.2, 0.25) is 0 Å². The summed E-state index contributed by atoms with van der Waals surface area (Å²) < 4.78 is 10.0. The zero-order valence-electron chi connectivity index (χ0n) is 17.5. The second-order valence-electron chi connectivity index (χ2n) is 8.19. The van der Waals surface area contributed by atoms with Gasteiger partial charge < -0.3 is 24.8 Å². The van der Waals surface area contributed by atoms with Crippen LogP contribution < -0.4 is 10.1 Å². The van der Waals surface area contributed by atoms with Crippen LogP contribution in [0.3, 0.4) is 0 Å². The SMILES string of the molecule is COc1ccc(CCN2C(=O)C[C@H]3[C@H](CNC(=O)COCC(=O)O)[C@@H](C)C[C@H]32)cc1. The lowest BCUT2D eigenvalue weighted by Crippen LogP contribution is -2.37. The van der Waals surface area contributed by atoms with Gasteiger partial charge in [0.15, 0.2) is 0 Å². The number of amides is 2. The van der Waals surface area contributed by atoms with Gasteiger partial charge in [-0.25, -0.2) is 4.79 Å². The van der Waals surface area contributed by atoms with Gasteiger partial charge in [-0.15, -0.1) is 0 Å². The van der Waals surface area contributed by atoms with Gasteiger partial charge in [-0.2, -0.15) is 0 Å². The largest absolute Gasteiger partial charge is 0.497 e. The van der Waals surface area contributed by atoms with Crippen molar-refractivity contribution < 1.29 is 29.0 Å². The standard InChI is InChI=1S/C22H30N2O6/c1-14-9-19-17(18(14)11-23-20(25)12-30-13-22(27)28)10-21(26)24(19)8-7-15-3-5-16(29-2)6-4-15/h3-6,14,17-19H,7-13H2,1-2H3,(H,23,25)(H,27,28)/t14-,17-,18+,19+/m0/s1. The maximum atomic E-state index is 12.6. The van der Waals surface area contributed by atoms with Crippen molar-refractivity contribution in [3.8, 4) is 5.75 Å². The molecule has 30 heavy (non-hydrogen) atoms. The van der Waals surface area contributed by atoms with Crippen LogP contribution in [-0.2, 0) is 25.5 Å². The zero-order chi connectivity index (χ0) is 21.7. The molecule has 1 aliphatic heterocycles. The molecule has 2 N–H and O–H groups in total. The fraction of sp³-hybridized carbons (Fsp3) is 0.591. The molecule has 1 saturated heterocycles. The second kappa shape index (κ2) is 9.93. The summed E-state index contributed by atoms with van der Waals surface area (Å²) in [6, 6.07) is 8.13. The van der Waals surface area contributed by atoms with Crippen molar-refractivity contribution in [1.29, 1.82) is 0 Å². The lowest BCUT2D eigenvalue weighted by Gasteiger charge is -2.24. The van der Waals surface area contributed by atoms with E-state index in [0.29, 0.717) is 25.4 Å². The summed E-state index contributed by atoms with van der Waals surface area (Å²) in [6.07, 6.45) is 2.26. The molecular formula is C22H30N2O6. The molecule has 8 heteroatoms. The molecule has 0 unspecified atom stereocenters. The minimum atomic E-state index is -1.10. The van der Waals surface area contributed by atoms with E-state index in [2.05, 4.69) is 12.2 Å². The predicted molar refractivity (Wildman–Crippen MR) is 109 cm³/mol. The van der Waals surface area contributed by atoms with Crippen molar-refractivity contribution in [2.24, 2.45) is 17.8 Å². The number of nitrogens with one attached hydrogen (secondary N) is 1. The lowest BCUT2D eigenvalue weighted by molar-refractivity contribution is -0.143. The van der Waals surface area contributed by atoms with E-state index in [1.54, 1.807) is 7.11 Å². The number of carbonyl (C=O) groups excluding carboxylic acids is 2. The first-order valence-electron chi connectivity index (χ1n) is 10.4. The van der Waals surface area contributed by atoms with E-state index < -0.39 is 12.6 Å². The number of carbonyl (C=O) groups is 3. The number of carboxylic acids is 1. The van der Waals surface area contributed by atoms with Gasteiger partial charge in [0.25, 0.3) is 0 Å². The number of hydrogen-bond acceptors (Lipinski definition) is 5. The van der Waals surface area contributed by atoms with Crippen LogP contribution in [0.15, 0.2) is 24.3 Å². The van der Waals surface area contributed by atoms with Crippen LogP contribution in [0.5, 0.6) is 5.75 Å². The van der Waals surface area contributed by atoms with Crippen molar-refractivity contribution in [3.63, 3.8) is 0 Å². The number of aliphatic carboxylic acids is 1. The average molecular weight is 418 g/mol. The molecule has 8 nitrogen and oxygen atoms in total. The Labute approximate surface area is 176 Å². The Kier molecular flexibility index (Phi) is 7.31. The highest BCUT2D eigenvalue weighted by atomic mass is 16.5. The van der Waals surface area contributed by atoms with E-state index in [1.165, 1.54) is 5.56 Å². The first kappa shape index (κ1) is 22.1. The van der Waals surface area contributed by atoms with Crippen LogP contribution in [0.4, 0.5) is 0 Å². The Bertz CT molecular complexity index is 765. The van der Waals surface area contributed by atoms with Gasteiger partial charge in [0.1, 0.15) is 19.0 Å². The highest BCUT2D eigenvalue weighted by Crippen LogP contribution is 2.45. The molecule has 164 valence electrons. The number of nitrogens with zero attached hydrogens (tertiary/aromatic N) is 1. The van der Waals surface area contributed by atoms with Gasteiger partial charge >= 0.3 is 5.97 Å². The van der Waals surface area contributed by atoms with Crippen LogP contribution in [-0.4, -0.2) is 67.2 Å². The Morgan fingerprint density at radius 2 is 1.97 bits per heavy atom. The summed E-state index contributed by atoms with van der Waals surface area (Å²) >= 11 is 0. The fourth-order valence-electron chi connectivity index (χ4n) is 4.79. The molecule has 1 heterocycles. The van der Waals surface area contributed by atoms with E-state index in [1.807, 2.05) is 29.2 Å². The molecule has 2 aliphatic rings. The quantitative estimate of drug-likeness (QED) is 0.594. The number of carboxylic acid groups (broad SMARTS) is 1. The normalized spacial score (nSPS) is 25.3.